The fourth-order valence-electron chi connectivity index (χ4n) is 11.1. The zero-order chi connectivity index (χ0) is 47.9. The lowest BCUT2D eigenvalue weighted by molar-refractivity contribution is -0.384. The molecule has 69 heavy (non-hydrogen) atoms. The van der Waals surface area contributed by atoms with E-state index in [0.29, 0.717) is 44.6 Å². The number of ether oxygens (including phenoxy) is 3. The van der Waals surface area contributed by atoms with Crippen LogP contribution in [0.25, 0.3) is 11.0 Å². The Morgan fingerprint density at radius 3 is 2.51 bits per heavy atom. The maximum Gasteiger partial charge on any atom is 0.293 e. The fourth-order valence-corrected chi connectivity index (χ4v) is 12.1. The van der Waals surface area contributed by atoms with E-state index >= 15 is 0 Å². The van der Waals surface area contributed by atoms with Crippen LogP contribution >= 0.6 is 0 Å². The molecule has 3 saturated carbocycles. The lowest BCUT2D eigenvalue weighted by Gasteiger charge is -2.57. The topological polar surface area (TPSA) is 201 Å². The van der Waals surface area contributed by atoms with E-state index < -0.39 is 49.5 Å². The number of nitrogens with one attached hydrogen (secondary N) is 3. The number of hydrogen-bond donors (Lipinski definition) is 4. The van der Waals surface area contributed by atoms with E-state index in [1.165, 1.54) is 56.4 Å². The van der Waals surface area contributed by atoms with E-state index in [1.807, 2.05) is 6.20 Å². The second kappa shape index (κ2) is 19.3. The number of halogens is 1. The number of nitrogens with zero attached hydrogens (tertiary/aromatic N) is 4. The number of rotatable bonds is 17. The van der Waals surface area contributed by atoms with Gasteiger partial charge in [0.15, 0.2) is 5.75 Å². The number of aliphatic hydroxyl groups is 1. The van der Waals surface area contributed by atoms with Gasteiger partial charge in [-0.25, -0.2) is 17.5 Å². The Labute approximate surface area is 401 Å². The molecular formula is C51H62FN7O9S. The molecule has 10 rings (SSSR count). The highest BCUT2D eigenvalue weighted by Crippen LogP contribution is 2.50. The summed E-state index contributed by atoms with van der Waals surface area (Å²) in [5, 5.41) is 25.8. The van der Waals surface area contributed by atoms with E-state index in [0.717, 1.165) is 70.0 Å². The minimum Gasteiger partial charge on any atom is -0.483 e. The first-order valence-corrected chi connectivity index (χ1v) is 26.0. The molecule has 3 aliphatic carbocycles. The van der Waals surface area contributed by atoms with Gasteiger partial charge in [0.1, 0.15) is 29.9 Å². The smallest absolute Gasteiger partial charge is 0.293 e. The number of hydrogen-bond acceptors (Lipinski definition) is 13. The fraction of sp³-hybridized carbons (Fsp3) is 0.529. The summed E-state index contributed by atoms with van der Waals surface area (Å²) in [6.45, 7) is 6.26. The summed E-state index contributed by atoms with van der Waals surface area (Å²) in [6, 6.07) is 14.6. The van der Waals surface area contributed by atoms with Gasteiger partial charge in [-0.05, 0) is 142 Å². The van der Waals surface area contributed by atoms with Crippen LogP contribution in [-0.4, -0.2) is 114 Å². The Bertz CT molecular complexity index is 2730. The average molecular weight is 968 g/mol. The Balaban J connectivity index is 0.824. The molecule has 3 saturated heterocycles. The number of aromatic amines is 1. The molecule has 16 nitrogen and oxygen atoms in total. The van der Waals surface area contributed by atoms with Crippen LogP contribution < -0.4 is 19.5 Å². The first-order valence-electron chi connectivity index (χ1n) is 24.5. The first-order chi connectivity index (χ1) is 33.2. The maximum absolute atomic E-state index is 14.8. The normalized spacial score (nSPS) is 25.4. The molecule has 6 fully saturated rings. The van der Waals surface area contributed by atoms with Crippen molar-refractivity contribution in [1.82, 2.24) is 24.5 Å². The summed E-state index contributed by atoms with van der Waals surface area (Å²) in [5.41, 5.74) is 2.51. The van der Waals surface area contributed by atoms with E-state index in [1.54, 1.807) is 24.1 Å². The molecule has 6 aliphatic rings. The van der Waals surface area contributed by atoms with Crippen LogP contribution in [0.4, 0.5) is 15.8 Å². The van der Waals surface area contributed by atoms with Crippen LogP contribution in [0.2, 0.25) is 0 Å². The summed E-state index contributed by atoms with van der Waals surface area (Å²) in [4.78, 5) is 37.2. The highest BCUT2D eigenvalue weighted by atomic mass is 32.2. The van der Waals surface area contributed by atoms with Gasteiger partial charge < -0.3 is 34.5 Å². The van der Waals surface area contributed by atoms with Gasteiger partial charge in [-0.3, -0.25) is 19.8 Å². The molecule has 2 aromatic heterocycles. The van der Waals surface area contributed by atoms with E-state index in [2.05, 4.69) is 54.1 Å². The number of nitro groups is 1. The number of benzene rings is 2. The monoisotopic (exact) mass is 967 g/mol. The molecule has 0 bridgehead atoms. The van der Waals surface area contributed by atoms with Crippen molar-refractivity contribution < 1.29 is 41.8 Å². The second-order valence-corrected chi connectivity index (χ2v) is 22.2. The number of allylic oxidation sites excluding steroid dienone is 2. The minimum atomic E-state index is -4.64. The lowest BCUT2D eigenvalue weighted by atomic mass is 9.70. The number of amides is 1. The van der Waals surface area contributed by atoms with Gasteiger partial charge in [0.05, 0.1) is 39.6 Å². The number of aromatic nitrogens is 2. The molecular weight excluding hydrogens is 906 g/mol. The van der Waals surface area contributed by atoms with Crippen molar-refractivity contribution in [2.75, 3.05) is 57.9 Å². The van der Waals surface area contributed by atoms with Crippen LogP contribution in [0.3, 0.4) is 0 Å². The van der Waals surface area contributed by atoms with Crippen molar-refractivity contribution in [2.45, 2.75) is 112 Å². The van der Waals surface area contributed by atoms with Crippen molar-refractivity contribution >= 4 is 38.3 Å². The van der Waals surface area contributed by atoms with Gasteiger partial charge in [-0.1, -0.05) is 30.7 Å². The van der Waals surface area contributed by atoms with Gasteiger partial charge in [-0.2, -0.15) is 4.98 Å². The summed E-state index contributed by atoms with van der Waals surface area (Å²) >= 11 is 0. The van der Waals surface area contributed by atoms with Crippen LogP contribution in [0.5, 0.6) is 11.6 Å². The summed E-state index contributed by atoms with van der Waals surface area (Å²) in [5.74, 6) is -0.00297. The Morgan fingerprint density at radius 2 is 1.80 bits per heavy atom. The summed E-state index contributed by atoms with van der Waals surface area (Å²) < 4.78 is 61.8. The van der Waals surface area contributed by atoms with Crippen molar-refractivity contribution in [3.05, 3.63) is 106 Å². The number of H-pyrrole nitrogens is 1. The summed E-state index contributed by atoms with van der Waals surface area (Å²) in [6.07, 6.45) is 17.1. The molecule has 5 heterocycles. The predicted molar refractivity (Wildman–Crippen MR) is 257 cm³/mol. The van der Waals surface area contributed by atoms with Crippen LogP contribution in [0.1, 0.15) is 101 Å². The Morgan fingerprint density at radius 1 is 1.04 bits per heavy atom. The van der Waals surface area contributed by atoms with Gasteiger partial charge in [-0.15, -0.1) is 0 Å². The number of nitro benzene ring substituents is 1. The quantitative estimate of drug-likeness (QED) is 0.0348. The predicted octanol–water partition coefficient (Wildman–Crippen LogP) is 7.68. The number of fused-ring (bicyclic) bond motifs is 1. The van der Waals surface area contributed by atoms with Crippen LogP contribution in [0, 0.1) is 27.3 Å². The number of piperidine rings is 1. The first kappa shape index (κ1) is 47.1. The zero-order valence-corrected chi connectivity index (χ0v) is 39.9. The number of carbonyl (C=O) groups excluding carboxylic acids is 1. The molecule has 368 valence electrons. The Kier molecular flexibility index (Phi) is 13.2. The molecule has 0 unspecified atom stereocenters. The van der Waals surface area contributed by atoms with Gasteiger partial charge >= 0.3 is 0 Å². The number of anilines is 1. The molecule has 2 aromatic carbocycles. The van der Waals surface area contributed by atoms with E-state index in [4.69, 9.17) is 14.2 Å². The Hall–Kier alpha value is -5.56. The minimum absolute atomic E-state index is 0.0303. The zero-order valence-electron chi connectivity index (χ0n) is 39.0. The SMILES string of the molecule is C[C@]1(O)CC[C@H](CNc2ccc(S(=O)(=O)NC(=O)/C(=C/C=C/N3CCC4(CC3)CN([C@@H]3CCC[C@@H]3c3ccccc3C3CC3)C4)COc3cc4c(F)c[nH]c4nc3OC3COC3)cc2[N+](=O)[O-])CC1. The molecule has 1 amide bonds. The van der Waals surface area contributed by atoms with Crippen LogP contribution in [0.15, 0.2) is 83.5 Å². The highest BCUT2D eigenvalue weighted by molar-refractivity contribution is 7.90. The van der Waals surface area contributed by atoms with Crippen molar-refractivity contribution in [3.63, 3.8) is 0 Å². The molecule has 4 N–H and O–H groups in total. The average Bonchev–Trinajstić information content (AvgIpc) is 3.94. The van der Waals surface area contributed by atoms with E-state index in [9.17, 15) is 32.8 Å². The third-order valence-electron chi connectivity index (χ3n) is 15.5. The number of pyridine rings is 1. The standard InChI is InChI=1S/C51H62FN7O9S/c1-50(61)17-15-33(16-18-50)26-53-43-14-13-37(24-45(43)59(62)63)69(64,65)56-48(60)35(28-67-46-25-41-42(52)27-54-47(41)55-49(46)68-36-29-66-30-36)6-5-21-57-22-19-51(20-23-57)31-58(32-51)44-10-4-9-40(44)39-8-3-2-7-38(39)34-11-12-34/h2-3,5-8,13-14,21,24-25,27,33-34,36,40,44,53,61H,4,9-12,15-20,22-23,26,28-32H2,1H3,(H,54,55)(H,56,60)/b21-5+,35-6+/t33-,40-,44-,50-/m1/s1. The summed E-state index contributed by atoms with van der Waals surface area (Å²) in [7, 11) is -4.64. The molecule has 3 aliphatic heterocycles. The third kappa shape index (κ3) is 10.5. The third-order valence-corrected chi connectivity index (χ3v) is 16.8. The second-order valence-electron chi connectivity index (χ2n) is 20.6. The molecule has 0 radical (unpaired) electrons. The highest BCUT2D eigenvalue weighted by Gasteiger charge is 2.49. The molecule has 18 heteroatoms. The number of carbonyl (C=O) groups is 1. The van der Waals surface area contributed by atoms with Gasteiger partial charge in [0, 0.05) is 51.0 Å². The number of sulfonamides is 1. The number of likely N-dealkylation sites (tertiary alicyclic amines) is 2. The van der Waals surface area contributed by atoms with E-state index in [-0.39, 0.29) is 51.4 Å². The van der Waals surface area contributed by atoms with Crippen molar-refractivity contribution in [3.8, 4) is 11.6 Å². The lowest BCUT2D eigenvalue weighted by Crippen LogP contribution is -2.63. The van der Waals surface area contributed by atoms with Gasteiger partial charge in [0.25, 0.3) is 27.5 Å². The molecule has 4 aromatic rings. The van der Waals surface area contributed by atoms with Crippen molar-refractivity contribution in [2.24, 2.45) is 11.3 Å². The molecule has 1 spiro atoms. The largest absolute Gasteiger partial charge is 0.483 e. The van der Waals surface area contributed by atoms with Crippen molar-refractivity contribution in [1.29, 1.82) is 0 Å². The maximum atomic E-state index is 14.8. The van der Waals surface area contributed by atoms with Crippen LogP contribution in [-0.2, 0) is 19.6 Å². The molecule has 2 atom stereocenters. The van der Waals surface area contributed by atoms with Gasteiger partial charge in [0.2, 0.25) is 0 Å².